The molecular weight excluding hydrogens is 288 g/mol. The Labute approximate surface area is 128 Å². The zero-order valence-corrected chi connectivity index (χ0v) is 13.1. The van der Waals surface area contributed by atoms with Crippen molar-refractivity contribution in [3.05, 3.63) is 4.88 Å². The van der Waals surface area contributed by atoms with Gasteiger partial charge in [-0.3, -0.25) is 4.79 Å². The van der Waals surface area contributed by atoms with Crippen molar-refractivity contribution >= 4 is 27.8 Å². The molecule has 0 bridgehead atoms. The van der Waals surface area contributed by atoms with E-state index < -0.39 is 0 Å². The second kappa shape index (κ2) is 6.23. The zero-order chi connectivity index (χ0) is 14.8. The average molecular weight is 310 g/mol. The van der Waals surface area contributed by atoms with Crippen LogP contribution in [-0.2, 0) is 4.74 Å². The Morgan fingerprint density at radius 1 is 1.38 bits per heavy atom. The van der Waals surface area contributed by atoms with Gasteiger partial charge in [0.1, 0.15) is 5.00 Å². The summed E-state index contributed by atoms with van der Waals surface area (Å²) < 4.78 is 10.9. The molecule has 2 aliphatic rings. The average Bonchev–Trinajstić information content (AvgIpc) is 3.36. The number of hydrogen-bond acceptors (Lipinski definition) is 6. The van der Waals surface area contributed by atoms with E-state index in [2.05, 4.69) is 5.32 Å². The molecule has 3 N–H and O–H groups in total. The van der Waals surface area contributed by atoms with Gasteiger partial charge in [-0.15, -0.1) is 11.3 Å². The molecule has 21 heavy (non-hydrogen) atoms. The molecule has 0 amide bonds. The fourth-order valence-electron chi connectivity index (χ4n) is 2.23. The minimum absolute atomic E-state index is 0.161. The van der Waals surface area contributed by atoms with Crippen molar-refractivity contribution in [3.63, 3.8) is 0 Å². The number of methoxy groups -OCH3 is 1. The number of anilines is 2. The summed E-state index contributed by atoms with van der Waals surface area (Å²) in [5.41, 5.74) is 6.53. The van der Waals surface area contributed by atoms with Crippen LogP contribution in [0.15, 0.2) is 0 Å². The van der Waals surface area contributed by atoms with Gasteiger partial charge in [-0.1, -0.05) is 0 Å². The van der Waals surface area contributed by atoms with Crippen LogP contribution in [0.2, 0.25) is 0 Å². The van der Waals surface area contributed by atoms with Crippen LogP contribution in [0.1, 0.15) is 35.4 Å². The van der Waals surface area contributed by atoms with Gasteiger partial charge in [-0.25, -0.2) is 0 Å². The molecule has 3 rings (SSSR count). The predicted octanol–water partition coefficient (Wildman–Crippen LogP) is 2.77. The van der Waals surface area contributed by atoms with Gasteiger partial charge in [-0.05, 0) is 31.6 Å². The van der Waals surface area contributed by atoms with Crippen molar-refractivity contribution in [2.75, 3.05) is 37.9 Å². The Bertz CT molecular complexity index is 521. The number of nitrogens with two attached hydrogens (primary N) is 1. The highest BCUT2D eigenvalue weighted by atomic mass is 32.1. The van der Waals surface area contributed by atoms with Gasteiger partial charge in [0.2, 0.25) is 0 Å². The number of hydrogen-bond donors (Lipinski definition) is 2. The molecule has 2 saturated carbocycles. The predicted molar refractivity (Wildman–Crippen MR) is 84.4 cm³/mol. The Balaban J connectivity index is 1.57. The van der Waals surface area contributed by atoms with Crippen molar-refractivity contribution in [3.8, 4) is 5.75 Å². The van der Waals surface area contributed by atoms with Gasteiger partial charge in [0, 0.05) is 19.1 Å². The molecule has 0 spiro atoms. The van der Waals surface area contributed by atoms with Gasteiger partial charge < -0.3 is 20.5 Å². The molecule has 0 aromatic carbocycles. The molecule has 0 atom stereocenters. The highest BCUT2D eigenvalue weighted by Gasteiger charge is 2.34. The van der Waals surface area contributed by atoms with E-state index in [0.717, 1.165) is 30.4 Å². The summed E-state index contributed by atoms with van der Waals surface area (Å²) in [5.74, 6) is 1.70. The molecule has 5 nitrogen and oxygen atoms in total. The van der Waals surface area contributed by atoms with Crippen molar-refractivity contribution in [2.24, 2.45) is 11.8 Å². The number of carbonyl (C=O) groups is 1. The number of thiophene rings is 1. The lowest BCUT2D eigenvalue weighted by Gasteiger charge is -2.07. The normalized spacial score (nSPS) is 17.8. The third-order valence-corrected chi connectivity index (χ3v) is 5.02. The van der Waals surface area contributed by atoms with E-state index in [1.54, 1.807) is 7.11 Å². The molecule has 0 saturated heterocycles. The molecule has 1 aromatic heterocycles. The lowest BCUT2D eigenvalue weighted by atomic mass is 10.2. The summed E-state index contributed by atoms with van der Waals surface area (Å²) in [5, 5.41) is 4.10. The number of ketones is 1. The summed E-state index contributed by atoms with van der Waals surface area (Å²) in [6.07, 6.45) is 4.57. The fourth-order valence-corrected chi connectivity index (χ4v) is 3.37. The third kappa shape index (κ3) is 3.49. The molecule has 0 aliphatic heterocycles. The maximum Gasteiger partial charge on any atom is 0.178 e. The molecule has 1 aromatic rings. The van der Waals surface area contributed by atoms with E-state index in [-0.39, 0.29) is 11.7 Å². The van der Waals surface area contributed by atoms with Crippen LogP contribution in [0.3, 0.4) is 0 Å². The first-order chi connectivity index (χ1) is 10.2. The van der Waals surface area contributed by atoms with Crippen molar-refractivity contribution in [1.82, 2.24) is 0 Å². The van der Waals surface area contributed by atoms with Crippen LogP contribution >= 0.6 is 11.3 Å². The van der Waals surface area contributed by atoms with E-state index in [0.29, 0.717) is 29.5 Å². The third-order valence-electron chi connectivity index (χ3n) is 3.86. The summed E-state index contributed by atoms with van der Waals surface area (Å²) in [6, 6.07) is 0. The Kier molecular flexibility index (Phi) is 4.35. The minimum Gasteiger partial charge on any atom is -0.492 e. The van der Waals surface area contributed by atoms with E-state index in [1.165, 1.54) is 24.2 Å². The SMILES string of the molecule is COc1c(NCCOCC2CC2)sc(C(=O)C2CC2)c1N. The first-order valence-corrected chi connectivity index (χ1v) is 8.34. The molecular formula is C15H22N2O3S. The highest BCUT2D eigenvalue weighted by molar-refractivity contribution is 7.19. The summed E-state index contributed by atoms with van der Waals surface area (Å²) >= 11 is 1.40. The Morgan fingerprint density at radius 3 is 2.76 bits per heavy atom. The van der Waals surface area contributed by atoms with Gasteiger partial charge >= 0.3 is 0 Å². The van der Waals surface area contributed by atoms with Gasteiger partial charge in [0.15, 0.2) is 11.5 Å². The number of carbonyl (C=O) groups excluding carboxylic acids is 1. The summed E-state index contributed by atoms with van der Waals surface area (Å²) in [7, 11) is 1.58. The molecule has 6 heteroatoms. The van der Waals surface area contributed by atoms with Crippen LogP contribution in [0.4, 0.5) is 10.7 Å². The molecule has 2 fully saturated rings. The number of Topliss-reactive ketones (excluding diaryl/α,β-unsaturated/α-hetero) is 1. The summed E-state index contributed by atoms with van der Waals surface area (Å²) in [4.78, 5) is 12.8. The molecule has 0 radical (unpaired) electrons. The highest BCUT2D eigenvalue weighted by Crippen LogP contribution is 2.45. The molecule has 1 heterocycles. The molecule has 2 aliphatic carbocycles. The van der Waals surface area contributed by atoms with E-state index in [4.69, 9.17) is 15.2 Å². The van der Waals surface area contributed by atoms with Crippen LogP contribution in [-0.4, -0.2) is 32.7 Å². The second-order valence-corrected chi connectivity index (χ2v) is 6.81. The van der Waals surface area contributed by atoms with E-state index >= 15 is 0 Å². The minimum atomic E-state index is 0.161. The van der Waals surface area contributed by atoms with Crippen molar-refractivity contribution < 1.29 is 14.3 Å². The monoisotopic (exact) mass is 310 g/mol. The fraction of sp³-hybridized carbons (Fsp3) is 0.667. The maximum absolute atomic E-state index is 12.2. The second-order valence-electron chi connectivity index (χ2n) is 5.79. The number of nitrogen functional groups attached to an aromatic ring is 1. The number of ether oxygens (including phenoxy) is 2. The van der Waals surface area contributed by atoms with Crippen LogP contribution in [0.25, 0.3) is 0 Å². The lowest BCUT2D eigenvalue weighted by Crippen LogP contribution is -2.10. The van der Waals surface area contributed by atoms with E-state index in [1.807, 2.05) is 0 Å². The van der Waals surface area contributed by atoms with Crippen LogP contribution in [0.5, 0.6) is 5.75 Å². The quantitative estimate of drug-likeness (QED) is 0.542. The first kappa shape index (κ1) is 14.7. The summed E-state index contributed by atoms with van der Waals surface area (Å²) in [6.45, 7) is 2.21. The largest absolute Gasteiger partial charge is 0.492 e. The smallest absolute Gasteiger partial charge is 0.178 e. The van der Waals surface area contributed by atoms with E-state index in [9.17, 15) is 4.79 Å². The van der Waals surface area contributed by atoms with Gasteiger partial charge in [0.25, 0.3) is 0 Å². The zero-order valence-electron chi connectivity index (χ0n) is 12.3. The maximum atomic E-state index is 12.2. The van der Waals surface area contributed by atoms with Crippen molar-refractivity contribution in [2.45, 2.75) is 25.7 Å². The lowest BCUT2D eigenvalue weighted by molar-refractivity contribution is 0.0972. The number of nitrogens with one attached hydrogen (secondary N) is 1. The molecule has 0 unspecified atom stereocenters. The van der Waals surface area contributed by atoms with Crippen LogP contribution < -0.4 is 15.8 Å². The first-order valence-electron chi connectivity index (χ1n) is 7.52. The Hall–Kier alpha value is -1.27. The van der Waals surface area contributed by atoms with Gasteiger partial charge in [-0.2, -0.15) is 0 Å². The van der Waals surface area contributed by atoms with Crippen LogP contribution in [0, 0.1) is 11.8 Å². The molecule has 116 valence electrons. The standard InChI is InChI=1S/C15H22N2O3S/c1-19-13-11(16)14(12(18)10-4-5-10)21-15(13)17-6-7-20-8-9-2-3-9/h9-10,17H,2-8,16H2,1H3. The topological polar surface area (TPSA) is 73.6 Å². The van der Waals surface area contributed by atoms with Gasteiger partial charge in [0.05, 0.1) is 24.3 Å². The number of rotatable bonds is 9. The van der Waals surface area contributed by atoms with Crippen molar-refractivity contribution in [1.29, 1.82) is 0 Å². The Morgan fingerprint density at radius 2 is 2.14 bits per heavy atom.